The van der Waals surface area contributed by atoms with Gasteiger partial charge in [0.05, 0.1) is 17.4 Å². The fraction of sp³-hybridized carbons (Fsp3) is 0.160. The highest BCUT2D eigenvalue weighted by Crippen LogP contribution is 2.27. The van der Waals surface area contributed by atoms with E-state index in [9.17, 15) is 4.79 Å². The second-order valence-corrected chi connectivity index (χ2v) is 7.31. The molecule has 1 heterocycles. The van der Waals surface area contributed by atoms with Crippen LogP contribution in [0.15, 0.2) is 83.4 Å². The molecule has 0 spiro atoms. The van der Waals surface area contributed by atoms with Crippen LogP contribution in [0.2, 0.25) is 0 Å². The summed E-state index contributed by atoms with van der Waals surface area (Å²) in [5, 5.41) is 6.90. The van der Waals surface area contributed by atoms with Crippen molar-refractivity contribution < 1.29 is 18.8 Å². The van der Waals surface area contributed by atoms with Crippen molar-refractivity contribution in [2.24, 2.45) is 0 Å². The molecule has 0 aliphatic carbocycles. The maximum Gasteiger partial charge on any atom is 0.260 e. The molecule has 0 aliphatic heterocycles. The molecule has 4 rings (SSSR count). The molecule has 3 aromatic carbocycles. The molecule has 7 heteroatoms. The Morgan fingerprint density at radius 1 is 0.938 bits per heavy atom. The molecule has 0 fully saturated rings. The Morgan fingerprint density at radius 2 is 1.66 bits per heavy atom. The summed E-state index contributed by atoms with van der Waals surface area (Å²) in [6, 6.07) is 23.7. The average Bonchev–Trinajstić information content (AvgIpc) is 3.28. The highest BCUT2D eigenvalue weighted by Gasteiger charge is 2.16. The molecule has 162 valence electrons. The van der Waals surface area contributed by atoms with Gasteiger partial charge < -0.3 is 19.3 Å². The number of para-hydroxylation sites is 2. The van der Waals surface area contributed by atoms with E-state index >= 15 is 0 Å². The number of nitrogens with zero attached hydrogens (tertiary/aromatic N) is 2. The molecular formula is C25H23N3O4. The van der Waals surface area contributed by atoms with Crippen molar-refractivity contribution in [2.45, 2.75) is 26.6 Å². The Morgan fingerprint density at radius 3 is 2.41 bits per heavy atom. The second-order valence-electron chi connectivity index (χ2n) is 7.31. The number of hydrogen-bond donors (Lipinski definition) is 1. The highest BCUT2D eigenvalue weighted by molar-refractivity contribution is 6.06. The molecule has 4 aromatic rings. The molecule has 0 aliphatic rings. The van der Waals surface area contributed by atoms with E-state index < -0.39 is 0 Å². The number of aromatic nitrogens is 2. The van der Waals surface area contributed by atoms with Gasteiger partial charge in [0.2, 0.25) is 5.82 Å². The quantitative estimate of drug-likeness (QED) is 0.406. The Hall–Kier alpha value is -4.13. The number of anilines is 1. The van der Waals surface area contributed by atoms with E-state index in [1.54, 1.807) is 30.3 Å². The van der Waals surface area contributed by atoms with Crippen molar-refractivity contribution in [1.29, 1.82) is 0 Å². The van der Waals surface area contributed by atoms with Crippen LogP contribution < -0.4 is 14.8 Å². The van der Waals surface area contributed by atoms with Crippen LogP contribution >= 0.6 is 0 Å². The Balaban J connectivity index is 1.46. The van der Waals surface area contributed by atoms with Crippen LogP contribution in [0.5, 0.6) is 11.5 Å². The van der Waals surface area contributed by atoms with Gasteiger partial charge in [-0.15, -0.1) is 0 Å². The zero-order valence-electron chi connectivity index (χ0n) is 17.8. The topological polar surface area (TPSA) is 86.5 Å². The lowest BCUT2D eigenvalue weighted by Gasteiger charge is -2.11. The first-order valence-corrected chi connectivity index (χ1v) is 10.3. The molecule has 1 aromatic heterocycles. The van der Waals surface area contributed by atoms with Gasteiger partial charge in [-0.3, -0.25) is 4.79 Å². The number of rotatable bonds is 8. The predicted molar refractivity (Wildman–Crippen MR) is 121 cm³/mol. The van der Waals surface area contributed by atoms with E-state index in [4.69, 9.17) is 14.0 Å². The number of ether oxygens (including phenoxy) is 2. The van der Waals surface area contributed by atoms with E-state index in [2.05, 4.69) is 15.5 Å². The van der Waals surface area contributed by atoms with E-state index in [1.807, 2.05) is 62.4 Å². The standard InChI is InChI=1S/C25H23N3O4/c1-17(2)31-20-14-12-18(13-15-20)24(29)26-22-11-7-6-10-21(22)25-27-23(28-32-25)16-30-19-8-4-3-5-9-19/h3-15,17H,16H2,1-2H3,(H,26,29). The van der Waals surface area contributed by atoms with Crippen molar-refractivity contribution in [3.8, 4) is 23.0 Å². The number of nitrogens with one attached hydrogen (secondary N) is 1. The van der Waals surface area contributed by atoms with Gasteiger partial charge >= 0.3 is 0 Å². The van der Waals surface area contributed by atoms with Crippen LogP contribution in [-0.2, 0) is 6.61 Å². The first-order chi connectivity index (χ1) is 15.6. The molecule has 0 bridgehead atoms. The Kier molecular flexibility index (Phi) is 6.46. The predicted octanol–water partition coefficient (Wildman–Crippen LogP) is 5.36. The molecule has 0 saturated carbocycles. The van der Waals surface area contributed by atoms with Crippen LogP contribution in [0.1, 0.15) is 30.0 Å². The van der Waals surface area contributed by atoms with Crippen LogP contribution in [0.4, 0.5) is 5.69 Å². The molecule has 0 unspecified atom stereocenters. The fourth-order valence-corrected chi connectivity index (χ4v) is 3.02. The maximum atomic E-state index is 12.8. The normalized spacial score (nSPS) is 10.7. The van der Waals surface area contributed by atoms with E-state index in [-0.39, 0.29) is 18.6 Å². The average molecular weight is 429 g/mol. The van der Waals surface area contributed by atoms with Gasteiger partial charge in [-0.1, -0.05) is 35.5 Å². The summed E-state index contributed by atoms with van der Waals surface area (Å²) < 4.78 is 16.7. The maximum absolute atomic E-state index is 12.8. The smallest absolute Gasteiger partial charge is 0.260 e. The summed E-state index contributed by atoms with van der Waals surface area (Å²) in [7, 11) is 0. The summed E-state index contributed by atoms with van der Waals surface area (Å²) in [4.78, 5) is 17.2. The third kappa shape index (κ3) is 5.31. The summed E-state index contributed by atoms with van der Waals surface area (Å²) >= 11 is 0. The van der Waals surface area contributed by atoms with Crippen molar-refractivity contribution in [2.75, 3.05) is 5.32 Å². The molecule has 32 heavy (non-hydrogen) atoms. The minimum Gasteiger partial charge on any atom is -0.491 e. The van der Waals surface area contributed by atoms with Crippen LogP contribution in [0, 0.1) is 0 Å². The number of carbonyl (C=O) groups excluding carboxylic acids is 1. The zero-order chi connectivity index (χ0) is 22.3. The minimum atomic E-state index is -0.249. The lowest BCUT2D eigenvalue weighted by molar-refractivity contribution is 0.102. The fourth-order valence-electron chi connectivity index (χ4n) is 3.02. The molecule has 7 nitrogen and oxygen atoms in total. The van der Waals surface area contributed by atoms with Gasteiger partial charge in [-0.2, -0.15) is 4.98 Å². The van der Waals surface area contributed by atoms with E-state index in [0.717, 1.165) is 5.75 Å². The summed E-state index contributed by atoms with van der Waals surface area (Å²) in [5.41, 5.74) is 1.71. The van der Waals surface area contributed by atoms with Gasteiger partial charge in [0.1, 0.15) is 11.5 Å². The molecule has 1 N–H and O–H groups in total. The van der Waals surface area contributed by atoms with Gasteiger partial charge in [-0.25, -0.2) is 0 Å². The van der Waals surface area contributed by atoms with Gasteiger partial charge in [0.25, 0.3) is 11.8 Å². The minimum absolute atomic E-state index is 0.0685. The third-order valence-electron chi connectivity index (χ3n) is 4.47. The Labute approximate surface area is 186 Å². The summed E-state index contributed by atoms with van der Waals surface area (Å²) in [6.45, 7) is 4.08. The molecular weight excluding hydrogens is 406 g/mol. The molecule has 0 saturated heterocycles. The first kappa shape index (κ1) is 21.1. The van der Waals surface area contributed by atoms with Crippen LogP contribution in [0.25, 0.3) is 11.5 Å². The van der Waals surface area contributed by atoms with Crippen LogP contribution in [-0.4, -0.2) is 22.2 Å². The number of hydrogen-bond acceptors (Lipinski definition) is 6. The lowest BCUT2D eigenvalue weighted by Crippen LogP contribution is -2.13. The second kappa shape index (κ2) is 9.78. The summed E-state index contributed by atoms with van der Waals surface area (Å²) in [5.74, 6) is 1.89. The molecule has 0 atom stereocenters. The van der Waals surface area contributed by atoms with Gasteiger partial charge in [0, 0.05) is 5.56 Å². The number of benzene rings is 3. The van der Waals surface area contributed by atoms with E-state index in [1.165, 1.54) is 0 Å². The van der Waals surface area contributed by atoms with Crippen molar-refractivity contribution >= 4 is 11.6 Å². The van der Waals surface area contributed by atoms with Crippen molar-refractivity contribution in [3.63, 3.8) is 0 Å². The van der Waals surface area contributed by atoms with Crippen LogP contribution in [0.3, 0.4) is 0 Å². The Bertz CT molecular complexity index is 1170. The van der Waals surface area contributed by atoms with Gasteiger partial charge in [0.15, 0.2) is 6.61 Å². The third-order valence-corrected chi connectivity index (χ3v) is 4.47. The van der Waals surface area contributed by atoms with Crippen molar-refractivity contribution in [3.05, 3.63) is 90.3 Å². The summed E-state index contributed by atoms with van der Waals surface area (Å²) in [6.07, 6.45) is 0.0685. The first-order valence-electron chi connectivity index (χ1n) is 10.3. The number of carbonyl (C=O) groups is 1. The SMILES string of the molecule is CC(C)Oc1ccc(C(=O)Nc2ccccc2-c2nc(COc3ccccc3)no2)cc1. The largest absolute Gasteiger partial charge is 0.491 e. The molecule has 1 amide bonds. The lowest BCUT2D eigenvalue weighted by atomic mass is 10.1. The van der Waals surface area contributed by atoms with Crippen molar-refractivity contribution in [1.82, 2.24) is 10.1 Å². The number of amides is 1. The molecule has 0 radical (unpaired) electrons. The zero-order valence-corrected chi connectivity index (χ0v) is 17.8. The van der Waals surface area contributed by atoms with E-state index in [0.29, 0.717) is 34.3 Å². The monoisotopic (exact) mass is 429 g/mol. The highest BCUT2D eigenvalue weighted by atomic mass is 16.5. The van der Waals surface area contributed by atoms with Gasteiger partial charge in [-0.05, 0) is 62.4 Å².